The van der Waals surface area contributed by atoms with Crippen molar-refractivity contribution in [1.29, 1.82) is 0 Å². The van der Waals surface area contributed by atoms with Crippen molar-refractivity contribution in [2.24, 2.45) is 0 Å². The van der Waals surface area contributed by atoms with Crippen LogP contribution in [0.15, 0.2) is 42.5 Å². The molecule has 4 heteroatoms. The zero-order valence-electron chi connectivity index (χ0n) is 10.9. The molecule has 0 N–H and O–H groups in total. The molecule has 0 aliphatic rings. The summed E-state index contributed by atoms with van der Waals surface area (Å²) in [5.41, 5.74) is 2.46. The minimum Gasteiger partial charge on any atom is -0.291 e. The Bertz CT molecular complexity index is 761. The van der Waals surface area contributed by atoms with Gasteiger partial charge in [0.25, 0.3) is 0 Å². The van der Waals surface area contributed by atoms with Crippen LogP contribution in [0.3, 0.4) is 0 Å². The van der Waals surface area contributed by atoms with E-state index in [0.29, 0.717) is 10.6 Å². The van der Waals surface area contributed by atoms with Gasteiger partial charge in [-0.25, -0.2) is 9.37 Å². The number of carbonyl (C=O) groups is 1. The van der Waals surface area contributed by atoms with Crippen molar-refractivity contribution in [3.05, 3.63) is 64.4 Å². The summed E-state index contributed by atoms with van der Waals surface area (Å²) in [6.45, 7) is 1.88. The lowest BCUT2D eigenvalue weighted by Gasteiger charge is -2.03. The number of benzene rings is 2. The van der Waals surface area contributed by atoms with E-state index in [-0.39, 0.29) is 18.0 Å². The second kappa shape index (κ2) is 5.13. The van der Waals surface area contributed by atoms with Crippen molar-refractivity contribution in [2.45, 2.75) is 13.3 Å². The number of hydrogen-bond acceptors (Lipinski definition) is 3. The Hall–Kier alpha value is -2.07. The van der Waals surface area contributed by atoms with Crippen LogP contribution in [0.2, 0.25) is 0 Å². The van der Waals surface area contributed by atoms with Crippen LogP contribution in [0, 0.1) is 12.7 Å². The number of fused-ring (bicyclic) bond motifs is 1. The fraction of sp³-hybridized carbons (Fsp3) is 0.125. The average molecular weight is 285 g/mol. The molecule has 0 aliphatic carbocycles. The number of ketones is 1. The average Bonchev–Trinajstić information content (AvgIpc) is 2.87. The minimum atomic E-state index is -0.317. The third-order valence-electron chi connectivity index (χ3n) is 3.19. The van der Waals surface area contributed by atoms with Gasteiger partial charge in [0.05, 0.1) is 10.2 Å². The molecular weight excluding hydrogens is 273 g/mol. The maximum absolute atomic E-state index is 13.2. The van der Waals surface area contributed by atoms with Gasteiger partial charge in [0.15, 0.2) is 10.8 Å². The number of para-hydroxylation sites is 1. The summed E-state index contributed by atoms with van der Waals surface area (Å²) in [6, 6.07) is 12.2. The molecule has 0 saturated heterocycles. The predicted octanol–water partition coefficient (Wildman–Crippen LogP) is 4.17. The van der Waals surface area contributed by atoms with Crippen LogP contribution in [0.1, 0.15) is 20.9 Å². The zero-order valence-corrected chi connectivity index (χ0v) is 11.7. The summed E-state index contributed by atoms with van der Waals surface area (Å²) < 4.78 is 14.2. The number of carbonyl (C=O) groups excluding carboxylic acids is 1. The molecule has 0 amide bonds. The fourth-order valence-electron chi connectivity index (χ4n) is 2.07. The molecule has 2 nitrogen and oxygen atoms in total. The summed E-state index contributed by atoms with van der Waals surface area (Å²) >= 11 is 1.38. The zero-order chi connectivity index (χ0) is 14.1. The van der Waals surface area contributed by atoms with Gasteiger partial charge >= 0.3 is 0 Å². The fourth-order valence-corrected chi connectivity index (χ4v) is 2.97. The number of nitrogens with zero attached hydrogens (tertiary/aromatic N) is 1. The Morgan fingerprint density at radius 3 is 2.85 bits per heavy atom. The quantitative estimate of drug-likeness (QED) is 0.676. The number of aryl methyl sites for hydroxylation is 1. The third-order valence-corrected chi connectivity index (χ3v) is 4.27. The second-order valence-electron chi connectivity index (χ2n) is 4.66. The van der Waals surface area contributed by atoms with Gasteiger partial charge in [-0.05, 0) is 42.3 Å². The largest absolute Gasteiger partial charge is 0.291 e. The van der Waals surface area contributed by atoms with Crippen LogP contribution in [0.25, 0.3) is 10.2 Å². The van der Waals surface area contributed by atoms with Gasteiger partial charge in [-0.15, -0.1) is 11.3 Å². The van der Waals surface area contributed by atoms with Crippen molar-refractivity contribution >= 4 is 27.3 Å². The highest BCUT2D eigenvalue weighted by atomic mass is 32.1. The van der Waals surface area contributed by atoms with E-state index >= 15 is 0 Å². The number of hydrogen-bond donors (Lipinski definition) is 0. The first-order valence-corrected chi connectivity index (χ1v) is 7.09. The Kier molecular flexibility index (Phi) is 3.32. The first-order valence-electron chi connectivity index (χ1n) is 6.27. The molecular formula is C16H12FNOS. The summed E-state index contributed by atoms with van der Waals surface area (Å²) in [4.78, 5) is 16.6. The van der Waals surface area contributed by atoms with E-state index in [4.69, 9.17) is 0 Å². The van der Waals surface area contributed by atoms with E-state index in [1.807, 2.05) is 31.2 Å². The molecule has 1 heterocycles. The van der Waals surface area contributed by atoms with Crippen LogP contribution in [-0.4, -0.2) is 10.8 Å². The molecule has 2 aromatic carbocycles. The Morgan fingerprint density at radius 1 is 1.25 bits per heavy atom. The van der Waals surface area contributed by atoms with E-state index in [0.717, 1.165) is 15.8 Å². The molecule has 0 atom stereocenters. The van der Waals surface area contributed by atoms with Crippen molar-refractivity contribution in [1.82, 2.24) is 4.98 Å². The molecule has 0 radical (unpaired) electrons. The molecule has 0 unspecified atom stereocenters. The molecule has 0 fully saturated rings. The number of halogens is 1. The topological polar surface area (TPSA) is 30.0 Å². The Balaban J connectivity index is 1.90. The lowest BCUT2D eigenvalue weighted by molar-refractivity contribution is 0.0992. The van der Waals surface area contributed by atoms with Gasteiger partial charge in [0, 0.05) is 6.42 Å². The van der Waals surface area contributed by atoms with Gasteiger partial charge in [-0.2, -0.15) is 0 Å². The van der Waals surface area contributed by atoms with Crippen LogP contribution < -0.4 is 0 Å². The van der Waals surface area contributed by atoms with Gasteiger partial charge in [0.1, 0.15) is 5.82 Å². The lowest BCUT2D eigenvalue weighted by Crippen LogP contribution is -2.04. The molecule has 20 heavy (non-hydrogen) atoms. The normalized spacial score (nSPS) is 10.9. The molecule has 0 aliphatic heterocycles. The number of rotatable bonds is 3. The summed E-state index contributed by atoms with van der Waals surface area (Å²) in [6.07, 6.45) is 0.184. The van der Waals surface area contributed by atoms with Crippen LogP contribution >= 0.6 is 11.3 Å². The molecule has 0 bridgehead atoms. The molecule has 0 spiro atoms. The van der Waals surface area contributed by atoms with Gasteiger partial charge in [0.2, 0.25) is 0 Å². The summed E-state index contributed by atoms with van der Waals surface area (Å²) in [5, 5.41) is 0.481. The molecule has 3 aromatic rings. The number of thiazole rings is 1. The highest BCUT2D eigenvalue weighted by molar-refractivity contribution is 7.20. The Labute approximate surface area is 119 Å². The SMILES string of the molecule is Cc1ccc(F)cc1CC(=O)c1nc2ccccc2s1. The van der Waals surface area contributed by atoms with E-state index in [9.17, 15) is 9.18 Å². The molecule has 0 saturated carbocycles. The van der Waals surface area contributed by atoms with E-state index in [1.165, 1.54) is 23.5 Å². The van der Waals surface area contributed by atoms with Gasteiger partial charge in [-0.1, -0.05) is 18.2 Å². The van der Waals surface area contributed by atoms with E-state index in [2.05, 4.69) is 4.98 Å². The summed E-state index contributed by atoms with van der Waals surface area (Å²) in [7, 11) is 0. The molecule has 1 aromatic heterocycles. The highest BCUT2D eigenvalue weighted by Gasteiger charge is 2.14. The third kappa shape index (κ3) is 2.47. The number of Topliss-reactive ketones (excluding diaryl/α,β-unsaturated/α-hetero) is 1. The summed E-state index contributed by atoms with van der Waals surface area (Å²) in [5.74, 6) is -0.386. The maximum Gasteiger partial charge on any atom is 0.195 e. The Morgan fingerprint density at radius 2 is 2.05 bits per heavy atom. The molecule has 3 rings (SSSR count). The number of aromatic nitrogens is 1. The second-order valence-corrected chi connectivity index (χ2v) is 5.69. The minimum absolute atomic E-state index is 0.0695. The maximum atomic E-state index is 13.2. The van der Waals surface area contributed by atoms with Crippen LogP contribution in [-0.2, 0) is 6.42 Å². The van der Waals surface area contributed by atoms with E-state index < -0.39 is 0 Å². The monoisotopic (exact) mass is 285 g/mol. The van der Waals surface area contributed by atoms with Crippen LogP contribution in [0.4, 0.5) is 4.39 Å². The first kappa shape index (κ1) is 12.9. The highest BCUT2D eigenvalue weighted by Crippen LogP contribution is 2.23. The predicted molar refractivity (Wildman–Crippen MR) is 78.8 cm³/mol. The molecule has 100 valence electrons. The van der Waals surface area contributed by atoms with Gasteiger partial charge in [-0.3, -0.25) is 4.79 Å². The van der Waals surface area contributed by atoms with Crippen molar-refractivity contribution in [3.63, 3.8) is 0 Å². The smallest absolute Gasteiger partial charge is 0.195 e. The van der Waals surface area contributed by atoms with Crippen molar-refractivity contribution < 1.29 is 9.18 Å². The van der Waals surface area contributed by atoms with E-state index in [1.54, 1.807) is 6.07 Å². The lowest BCUT2D eigenvalue weighted by atomic mass is 10.0. The standard InChI is InChI=1S/C16H12FNOS/c1-10-6-7-12(17)8-11(10)9-14(19)16-18-13-4-2-3-5-15(13)20-16/h2-8H,9H2,1H3. The first-order chi connectivity index (χ1) is 9.63. The van der Waals surface area contributed by atoms with Gasteiger partial charge < -0.3 is 0 Å². The van der Waals surface area contributed by atoms with Crippen molar-refractivity contribution in [3.8, 4) is 0 Å². The van der Waals surface area contributed by atoms with Crippen LogP contribution in [0.5, 0.6) is 0 Å². The van der Waals surface area contributed by atoms with Crippen molar-refractivity contribution in [2.75, 3.05) is 0 Å².